The van der Waals surface area contributed by atoms with Crippen molar-refractivity contribution in [1.82, 2.24) is 4.31 Å². The Labute approximate surface area is 172 Å². The fourth-order valence-electron chi connectivity index (χ4n) is 2.75. The van der Waals surface area contributed by atoms with E-state index in [0.29, 0.717) is 31.2 Å². The standard InChI is InChI=1S/C21H28N2O5S/c1-5-23(6-2)29(25,26)18-13-14-20(27-7-3)19(15-18)22-21(24)16(4)28-17-11-9-8-10-12-17/h8-16H,5-7H2,1-4H3,(H,22,24)/t16-/m0/s1. The highest BCUT2D eigenvalue weighted by Crippen LogP contribution is 2.29. The molecule has 1 amide bonds. The van der Waals surface area contributed by atoms with E-state index in [1.54, 1.807) is 39.0 Å². The number of hydrogen-bond donors (Lipinski definition) is 1. The zero-order valence-corrected chi connectivity index (χ0v) is 18.0. The zero-order chi connectivity index (χ0) is 21.4. The average molecular weight is 421 g/mol. The maximum absolute atomic E-state index is 12.8. The lowest BCUT2D eigenvalue weighted by molar-refractivity contribution is -0.122. The topological polar surface area (TPSA) is 84.9 Å². The third-order valence-corrected chi connectivity index (χ3v) is 6.32. The number of nitrogens with zero attached hydrogens (tertiary/aromatic N) is 1. The van der Waals surface area contributed by atoms with Gasteiger partial charge in [0, 0.05) is 13.1 Å². The van der Waals surface area contributed by atoms with Crippen LogP contribution in [0.15, 0.2) is 53.4 Å². The van der Waals surface area contributed by atoms with Crippen molar-refractivity contribution in [3.05, 3.63) is 48.5 Å². The Kier molecular flexibility index (Phi) is 8.04. The van der Waals surface area contributed by atoms with Crippen LogP contribution < -0.4 is 14.8 Å². The molecule has 2 aromatic carbocycles. The van der Waals surface area contributed by atoms with Gasteiger partial charge in [-0.15, -0.1) is 0 Å². The van der Waals surface area contributed by atoms with E-state index in [9.17, 15) is 13.2 Å². The van der Waals surface area contributed by atoms with Crippen molar-refractivity contribution < 1.29 is 22.7 Å². The number of para-hydroxylation sites is 1. The van der Waals surface area contributed by atoms with Gasteiger partial charge in [0.15, 0.2) is 6.10 Å². The summed E-state index contributed by atoms with van der Waals surface area (Å²) >= 11 is 0. The number of benzene rings is 2. The maximum atomic E-state index is 12.8. The van der Waals surface area contributed by atoms with Crippen LogP contribution in [0.5, 0.6) is 11.5 Å². The normalized spacial score (nSPS) is 12.4. The van der Waals surface area contributed by atoms with Crippen LogP contribution in [0.25, 0.3) is 0 Å². The number of hydrogen-bond acceptors (Lipinski definition) is 5. The molecule has 0 aromatic heterocycles. The molecule has 0 aliphatic carbocycles. The highest BCUT2D eigenvalue weighted by molar-refractivity contribution is 7.89. The molecule has 0 saturated heterocycles. The van der Waals surface area contributed by atoms with Gasteiger partial charge in [0.05, 0.1) is 17.2 Å². The van der Waals surface area contributed by atoms with Crippen molar-refractivity contribution in [2.24, 2.45) is 0 Å². The molecular formula is C21H28N2O5S. The molecule has 7 nitrogen and oxygen atoms in total. The lowest BCUT2D eigenvalue weighted by Gasteiger charge is -2.20. The van der Waals surface area contributed by atoms with Crippen LogP contribution in [0.2, 0.25) is 0 Å². The molecule has 1 atom stereocenters. The smallest absolute Gasteiger partial charge is 0.265 e. The molecule has 0 radical (unpaired) electrons. The molecule has 8 heteroatoms. The molecule has 1 N–H and O–H groups in total. The van der Waals surface area contributed by atoms with E-state index >= 15 is 0 Å². The van der Waals surface area contributed by atoms with Crippen LogP contribution in [0.3, 0.4) is 0 Å². The van der Waals surface area contributed by atoms with Gasteiger partial charge in [0.1, 0.15) is 11.5 Å². The number of anilines is 1. The van der Waals surface area contributed by atoms with Crippen LogP contribution in [-0.2, 0) is 14.8 Å². The first-order valence-corrected chi connectivity index (χ1v) is 11.1. The summed E-state index contributed by atoms with van der Waals surface area (Å²) < 4.78 is 38.2. The van der Waals surface area contributed by atoms with Crippen molar-refractivity contribution in [1.29, 1.82) is 0 Å². The second-order valence-corrected chi connectivity index (χ2v) is 8.18. The molecule has 2 aromatic rings. The summed E-state index contributed by atoms with van der Waals surface area (Å²) in [6.45, 7) is 8.08. The summed E-state index contributed by atoms with van der Waals surface area (Å²) in [7, 11) is -3.66. The van der Waals surface area contributed by atoms with Gasteiger partial charge in [-0.25, -0.2) is 8.42 Å². The predicted molar refractivity (Wildman–Crippen MR) is 113 cm³/mol. The van der Waals surface area contributed by atoms with Gasteiger partial charge in [0.2, 0.25) is 10.0 Å². The Morgan fingerprint density at radius 2 is 1.72 bits per heavy atom. The van der Waals surface area contributed by atoms with E-state index in [1.807, 2.05) is 25.1 Å². The van der Waals surface area contributed by atoms with Crippen LogP contribution in [-0.4, -0.2) is 44.4 Å². The maximum Gasteiger partial charge on any atom is 0.265 e. The van der Waals surface area contributed by atoms with Gasteiger partial charge in [-0.05, 0) is 44.2 Å². The molecule has 0 aliphatic heterocycles. The van der Waals surface area contributed by atoms with Gasteiger partial charge in [-0.1, -0.05) is 32.0 Å². The molecule has 0 bridgehead atoms. The van der Waals surface area contributed by atoms with Gasteiger partial charge < -0.3 is 14.8 Å². The second-order valence-electron chi connectivity index (χ2n) is 6.24. The van der Waals surface area contributed by atoms with E-state index in [0.717, 1.165) is 0 Å². The fourth-order valence-corrected chi connectivity index (χ4v) is 4.24. The molecule has 0 spiro atoms. The summed E-state index contributed by atoms with van der Waals surface area (Å²) in [6.07, 6.45) is -0.782. The first-order chi connectivity index (χ1) is 13.8. The van der Waals surface area contributed by atoms with Crippen LogP contribution in [0.1, 0.15) is 27.7 Å². The number of carbonyl (C=O) groups is 1. The van der Waals surface area contributed by atoms with E-state index in [1.165, 1.54) is 16.4 Å². The summed E-state index contributed by atoms with van der Waals surface area (Å²) in [5.74, 6) is 0.552. The summed E-state index contributed by atoms with van der Waals surface area (Å²) in [5, 5.41) is 2.73. The van der Waals surface area contributed by atoms with Gasteiger partial charge in [-0.2, -0.15) is 4.31 Å². The van der Waals surface area contributed by atoms with E-state index in [-0.39, 0.29) is 10.6 Å². The van der Waals surface area contributed by atoms with E-state index < -0.39 is 22.0 Å². The Bertz CT molecular complexity index is 912. The minimum atomic E-state index is -3.66. The number of rotatable bonds is 10. The molecular weight excluding hydrogens is 392 g/mol. The molecule has 158 valence electrons. The van der Waals surface area contributed by atoms with Gasteiger partial charge in [0.25, 0.3) is 5.91 Å². The number of carbonyl (C=O) groups excluding carboxylic acids is 1. The Morgan fingerprint density at radius 3 is 2.31 bits per heavy atom. The molecule has 0 heterocycles. The number of ether oxygens (including phenoxy) is 2. The third-order valence-electron chi connectivity index (χ3n) is 4.28. The lowest BCUT2D eigenvalue weighted by Crippen LogP contribution is -2.31. The highest BCUT2D eigenvalue weighted by atomic mass is 32.2. The highest BCUT2D eigenvalue weighted by Gasteiger charge is 2.24. The molecule has 2 rings (SSSR count). The number of nitrogens with one attached hydrogen (secondary N) is 1. The monoisotopic (exact) mass is 420 g/mol. The first kappa shape index (κ1) is 22.7. The van der Waals surface area contributed by atoms with E-state index in [2.05, 4.69) is 5.32 Å². The Balaban J connectivity index is 2.28. The number of sulfonamides is 1. The molecule has 0 aliphatic rings. The van der Waals surface area contributed by atoms with Gasteiger partial charge >= 0.3 is 0 Å². The summed E-state index contributed by atoms with van der Waals surface area (Å²) in [6, 6.07) is 13.5. The lowest BCUT2D eigenvalue weighted by atomic mass is 10.2. The van der Waals surface area contributed by atoms with Crippen molar-refractivity contribution in [3.63, 3.8) is 0 Å². The Hall–Kier alpha value is -2.58. The molecule has 29 heavy (non-hydrogen) atoms. The Morgan fingerprint density at radius 1 is 1.07 bits per heavy atom. The van der Waals surface area contributed by atoms with Crippen molar-refractivity contribution in [3.8, 4) is 11.5 Å². The third kappa shape index (κ3) is 5.71. The average Bonchev–Trinajstić information content (AvgIpc) is 2.70. The SMILES string of the molecule is CCOc1ccc(S(=O)(=O)N(CC)CC)cc1NC(=O)[C@H](C)Oc1ccccc1. The largest absolute Gasteiger partial charge is 0.492 e. The van der Waals surface area contributed by atoms with Crippen LogP contribution in [0.4, 0.5) is 5.69 Å². The van der Waals surface area contributed by atoms with Gasteiger partial charge in [-0.3, -0.25) is 4.79 Å². The minimum absolute atomic E-state index is 0.0941. The van der Waals surface area contributed by atoms with Crippen LogP contribution >= 0.6 is 0 Å². The minimum Gasteiger partial charge on any atom is -0.492 e. The second kappa shape index (κ2) is 10.3. The molecule has 0 saturated carbocycles. The molecule has 0 fully saturated rings. The summed E-state index contributed by atoms with van der Waals surface area (Å²) in [5.41, 5.74) is 0.286. The quantitative estimate of drug-likeness (QED) is 0.636. The van der Waals surface area contributed by atoms with Crippen molar-refractivity contribution in [2.75, 3.05) is 25.0 Å². The first-order valence-electron chi connectivity index (χ1n) is 9.63. The van der Waals surface area contributed by atoms with E-state index in [4.69, 9.17) is 9.47 Å². The molecule has 0 unspecified atom stereocenters. The summed E-state index contributed by atoms with van der Waals surface area (Å²) in [4.78, 5) is 12.7. The fraction of sp³-hybridized carbons (Fsp3) is 0.381. The van der Waals surface area contributed by atoms with Crippen LogP contribution in [0, 0.1) is 0 Å². The number of amides is 1. The van der Waals surface area contributed by atoms with Crippen molar-refractivity contribution in [2.45, 2.75) is 38.7 Å². The predicted octanol–water partition coefficient (Wildman–Crippen LogP) is 3.52. The zero-order valence-electron chi connectivity index (χ0n) is 17.2. The van der Waals surface area contributed by atoms with Crippen molar-refractivity contribution >= 4 is 21.6 Å².